The molecule has 0 fully saturated rings. The lowest BCUT2D eigenvalue weighted by Crippen LogP contribution is -1.83. The molecule has 0 unspecified atom stereocenters. The van der Waals surface area contributed by atoms with Gasteiger partial charge in [-0.3, -0.25) is 0 Å². The highest BCUT2D eigenvalue weighted by Crippen LogP contribution is 2.12. The van der Waals surface area contributed by atoms with Crippen molar-refractivity contribution in [2.45, 2.75) is 6.42 Å². The number of nitrogens with zero attached hydrogens (tertiary/aromatic N) is 2. The van der Waals surface area contributed by atoms with Gasteiger partial charge in [0.1, 0.15) is 5.52 Å². The quantitative estimate of drug-likeness (QED) is 0.679. The van der Waals surface area contributed by atoms with E-state index in [0.29, 0.717) is 0 Å². The summed E-state index contributed by atoms with van der Waals surface area (Å²) < 4.78 is 0.871. The number of halogens is 1. The normalized spacial score (nSPS) is 10.5. The van der Waals surface area contributed by atoms with Crippen molar-refractivity contribution >= 4 is 33.8 Å². The second-order valence-corrected chi connectivity index (χ2v) is 3.75. The molecule has 0 bridgehead atoms. The molecule has 0 aliphatic carbocycles. The van der Waals surface area contributed by atoms with Crippen molar-refractivity contribution in [2.75, 3.05) is 0 Å². The molecular formula is C9H8IN3. The van der Waals surface area contributed by atoms with Crippen molar-refractivity contribution in [1.29, 1.82) is 0 Å². The van der Waals surface area contributed by atoms with Gasteiger partial charge in [0.05, 0.1) is 0 Å². The number of aromatic amines is 1. The number of nitrogens with one attached hydrogen (secondary N) is 1. The van der Waals surface area contributed by atoms with Crippen LogP contribution in [0, 0.1) is 3.83 Å². The third-order valence-electron chi connectivity index (χ3n) is 1.74. The molecule has 2 aromatic rings. The second-order valence-electron chi connectivity index (χ2n) is 2.73. The Kier molecular flexibility index (Phi) is 2.30. The first-order valence-electron chi connectivity index (χ1n) is 3.90. The predicted molar refractivity (Wildman–Crippen MR) is 60.5 cm³/mol. The van der Waals surface area contributed by atoms with E-state index in [2.05, 4.69) is 44.1 Å². The molecule has 0 aromatic carbocycles. The van der Waals surface area contributed by atoms with E-state index in [4.69, 9.17) is 0 Å². The molecule has 2 rings (SSSR count). The third kappa shape index (κ3) is 1.72. The minimum Gasteiger partial charge on any atom is -0.318 e. The fourth-order valence-electron chi connectivity index (χ4n) is 1.19. The highest BCUT2D eigenvalue weighted by atomic mass is 127. The van der Waals surface area contributed by atoms with E-state index < -0.39 is 0 Å². The summed E-state index contributed by atoms with van der Waals surface area (Å²) in [5.41, 5.74) is 2.91. The van der Waals surface area contributed by atoms with Crippen LogP contribution in [0.25, 0.3) is 11.2 Å². The number of pyridine rings is 1. The SMILES string of the molecule is C=CCc1cnc2[nH]c(I)nc2c1. The van der Waals surface area contributed by atoms with Gasteiger partial charge in [-0.1, -0.05) is 6.08 Å². The van der Waals surface area contributed by atoms with Crippen LogP contribution < -0.4 is 0 Å². The summed E-state index contributed by atoms with van der Waals surface area (Å²) >= 11 is 2.14. The highest BCUT2D eigenvalue weighted by molar-refractivity contribution is 14.1. The Morgan fingerprint density at radius 3 is 3.23 bits per heavy atom. The monoisotopic (exact) mass is 285 g/mol. The lowest BCUT2D eigenvalue weighted by molar-refractivity contribution is 1.21. The van der Waals surface area contributed by atoms with E-state index in [9.17, 15) is 0 Å². The molecule has 66 valence electrons. The molecule has 0 aliphatic heterocycles. The Labute approximate surface area is 89.4 Å². The number of hydrogen-bond donors (Lipinski definition) is 1. The Morgan fingerprint density at radius 2 is 2.46 bits per heavy atom. The zero-order chi connectivity index (χ0) is 9.26. The highest BCUT2D eigenvalue weighted by Gasteiger charge is 2.01. The van der Waals surface area contributed by atoms with Crippen LogP contribution in [0.4, 0.5) is 0 Å². The van der Waals surface area contributed by atoms with Crippen molar-refractivity contribution in [3.8, 4) is 0 Å². The maximum absolute atomic E-state index is 4.29. The Balaban J connectivity index is 2.54. The number of fused-ring (bicyclic) bond motifs is 1. The summed E-state index contributed by atoms with van der Waals surface area (Å²) in [7, 11) is 0. The topological polar surface area (TPSA) is 41.6 Å². The van der Waals surface area contributed by atoms with Crippen molar-refractivity contribution in [1.82, 2.24) is 15.0 Å². The molecule has 4 heteroatoms. The Bertz CT molecular complexity index is 447. The van der Waals surface area contributed by atoms with E-state index in [1.165, 1.54) is 0 Å². The van der Waals surface area contributed by atoms with Gasteiger partial charge >= 0.3 is 0 Å². The fraction of sp³-hybridized carbons (Fsp3) is 0.111. The van der Waals surface area contributed by atoms with E-state index >= 15 is 0 Å². The van der Waals surface area contributed by atoms with Gasteiger partial charge in [-0.15, -0.1) is 6.58 Å². The molecule has 0 atom stereocenters. The van der Waals surface area contributed by atoms with Crippen LogP contribution >= 0.6 is 22.6 Å². The van der Waals surface area contributed by atoms with Crippen molar-refractivity contribution in [3.05, 3.63) is 34.3 Å². The molecule has 2 heterocycles. The van der Waals surface area contributed by atoms with Crippen LogP contribution in [0.15, 0.2) is 24.9 Å². The van der Waals surface area contributed by atoms with Gasteiger partial charge in [0.2, 0.25) is 0 Å². The van der Waals surface area contributed by atoms with E-state index in [1.807, 2.05) is 18.3 Å². The van der Waals surface area contributed by atoms with Gasteiger partial charge in [0, 0.05) is 6.20 Å². The first-order chi connectivity index (χ1) is 6.29. The Hall–Kier alpha value is -0.910. The zero-order valence-electron chi connectivity index (χ0n) is 6.92. The van der Waals surface area contributed by atoms with Crippen molar-refractivity contribution in [3.63, 3.8) is 0 Å². The van der Waals surface area contributed by atoms with Crippen LogP contribution in [0.3, 0.4) is 0 Å². The number of rotatable bonds is 2. The molecule has 0 radical (unpaired) electrons. The third-order valence-corrected chi connectivity index (χ3v) is 2.26. The van der Waals surface area contributed by atoms with E-state index in [1.54, 1.807) is 0 Å². The van der Waals surface area contributed by atoms with E-state index in [0.717, 1.165) is 27.0 Å². The molecule has 0 saturated carbocycles. The first-order valence-corrected chi connectivity index (χ1v) is 4.98. The molecule has 0 saturated heterocycles. The lowest BCUT2D eigenvalue weighted by Gasteiger charge is -1.93. The smallest absolute Gasteiger partial charge is 0.170 e. The van der Waals surface area contributed by atoms with Crippen LogP contribution in [0.5, 0.6) is 0 Å². The van der Waals surface area contributed by atoms with Crippen LogP contribution in [0.2, 0.25) is 0 Å². The van der Waals surface area contributed by atoms with Crippen LogP contribution in [0.1, 0.15) is 5.56 Å². The lowest BCUT2D eigenvalue weighted by atomic mass is 10.2. The van der Waals surface area contributed by atoms with Crippen molar-refractivity contribution < 1.29 is 0 Å². The minimum atomic E-state index is 0.840. The minimum absolute atomic E-state index is 0.840. The summed E-state index contributed by atoms with van der Waals surface area (Å²) in [6.45, 7) is 3.68. The van der Waals surface area contributed by atoms with Gasteiger partial charge in [0.25, 0.3) is 0 Å². The summed E-state index contributed by atoms with van der Waals surface area (Å²) in [5, 5.41) is 0. The number of allylic oxidation sites excluding steroid dienone is 1. The fourth-order valence-corrected chi connectivity index (χ4v) is 1.70. The summed E-state index contributed by atoms with van der Waals surface area (Å²) in [5.74, 6) is 0. The number of hydrogen-bond acceptors (Lipinski definition) is 2. The number of imidazole rings is 1. The van der Waals surface area contributed by atoms with Gasteiger partial charge in [-0.05, 0) is 40.6 Å². The van der Waals surface area contributed by atoms with Crippen molar-refractivity contribution in [2.24, 2.45) is 0 Å². The molecule has 1 N–H and O–H groups in total. The average Bonchev–Trinajstić information content (AvgIpc) is 2.44. The first kappa shape index (κ1) is 8.68. The molecular weight excluding hydrogens is 277 g/mol. The van der Waals surface area contributed by atoms with E-state index in [-0.39, 0.29) is 0 Å². The molecule has 13 heavy (non-hydrogen) atoms. The van der Waals surface area contributed by atoms with Gasteiger partial charge in [0.15, 0.2) is 9.48 Å². The Morgan fingerprint density at radius 1 is 1.62 bits per heavy atom. The summed E-state index contributed by atoms with van der Waals surface area (Å²) in [4.78, 5) is 11.6. The zero-order valence-corrected chi connectivity index (χ0v) is 9.08. The molecule has 3 nitrogen and oxygen atoms in total. The largest absolute Gasteiger partial charge is 0.318 e. The standard InChI is InChI=1S/C9H8IN3/c1-2-3-6-4-7-8(11-5-6)13-9(10)12-7/h2,4-5H,1,3H2,(H,11,12,13). The average molecular weight is 285 g/mol. The second kappa shape index (κ2) is 3.45. The maximum atomic E-state index is 4.29. The van der Waals surface area contributed by atoms with Gasteiger partial charge in [-0.2, -0.15) is 0 Å². The molecule has 2 aromatic heterocycles. The number of aromatic nitrogens is 3. The van der Waals surface area contributed by atoms with Gasteiger partial charge < -0.3 is 4.98 Å². The molecule has 0 aliphatic rings. The number of H-pyrrole nitrogens is 1. The summed E-state index contributed by atoms with van der Waals surface area (Å²) in [6.07, 6.45) is 4.55. The van der Waals surface area contributed by atoms with Crippen LogP contribution in [-0.2, 0) is 6.42 Å². The maximum Gasteiger partial charge on any atom is 0.170 e. The van der Waals surface area contributed by atoms with Gasteiger partial charge in [-0.25, -0.2) is 9.97 Å². The molecule has 0 amide bonds. The molecule has 0 spiro atoms. The van der Waals surface area contributed by atoms with Crippen LogP contribution in [-0.4, -0.2) is 15.0 Å². The summed E-state index contributed by atoms with van der Waals surface area (Å²) in [6, 6.07) is 2.03. The predicted octanol–water partition coefficient (Wildman–Crippen LogP) is 2.29.